The molecule has 0 aromatic rings. The molecule has 0 N–H and O–H groups in total. The number of allylic oxidation sites excluding steroid dienone is 4. The van der Waals surface area contributed by atoms with E-state index in [-0.39, 0.29) is 16.6 Å². The Morgan fingerprint density at radius 1 is 1.29 bits per heavy atom. The van der Waals surface area contributed by atoms with Crippen molar-refractivity contribution in [1.29, 1.82) is 0 Å². The van der Waals surface area contributed by atoms with Crippen LogP contribution in [0.4, 0.5) is 0 Å². The van der Waals surface area contributed by atoms with Gasteiger partial charge in [-0.05, 0) is 113 Å². The number of fused-ring (bicyclic) bond motifs is 1. The van der Waals surface area contributed by atoms with Gasteiger partial charge in [0.1, 0.15) is 0 Å². The van der Waals surface area contributed by atoms with Crippen LogP contribution in [0.25, 0.3) is 0 Å². The van der Waals surface area contributed by atoms with Gasteiger partial charge in [-0.3, -0.25) is 9.89 Å². The van der Waals surface area contributed by atoms with Crippen LogP contribution in [0.3, 0.4) is 0 Å². The molecule has 34 heavy (non-hydrogen) atoms. The number of hydrogen-bond acceptors (Lipinski definition) is 3. The van der Waals surface area contributed by atoms with E-state index in [1.165, 1.54) is 62.5 Å². The number of aliphatic imine (C=N–C) groups is 1. The van der Waals surface area contributed by atoms with Gasteiger partial charge in [0.25, 0.3) is 0 Å². The molecule has 186 valence electrons. The van der Waals surface area contributed by atoms with Crippen molar-refractivity contribution < 1.29 is 4.74 Å². The zero-order chi connectivity index (χ0) is 24.3. The predicted molar refractivity (Wildman–Crippen MR) is 143 cm³/mol. The Morgan fingerprint density at radius 2 is 2.09 bits per heavy atom. The van der Waals surface area contributed by atoms with Gasteiger partial charge in [0.05, 0.1) is 11.2 Å². The van der Waals surface area contributed by atoms with Gasteiger partial charge in [-0.1, -0.05) is 44.2 Å². The zero-order valence-corrected chi connectivity index (χ0v) is 22.5. The fourth-order valence-corrected chi connectivity index (χ4v) is 9.05. The highest BCUT2D eigenvalue weighted by atomic mass is 16.5. The molecule has 3 unspecified atom stereocenters. The molecule has 3 aliphatic carbocycles. The molecule has 0 radical (unpaired) electrons. The maximum absolute atomic E-state index is 7.49. The van der Waals surface area contributed by atoms with Crippen molar-refractivity contribution in [2.24, 2.45) is 22.2 Å². The van der Waals surface area contributed by atoms with Crippen molar-refractivity contribution in [2.45, 2.75) is 109 Å². The van der Waals surface area contributed by atoms with Crippen molar-refractivity contribution in [2.75, 3.05) is 13.6 Å². The third kappa shape index (κ3) is 3.48. The standard InChI is InChI=1S/C31H46N2O/c1-8-33(21(2)3)26-10-9-24-18-25-13-14-29(6)27(23(5)17-22(4)20-32-7)11-12-28(29)31(25)16-15-30(24,19-26)34-31/h13,17-18,20-21,26-28H,4,8-12,14-16,19H2,1-3,5-7H3/b23-17+,32-20-/t26?,27?,28-,29?,30-,31-/m1/s1. The van der Waals surface area contributed by atoms with Gasteiger partial charge in [0.15, 0.2) is 0 Å². The SMILES string of the molecule is C=C(/C=N\C)/C=C(\C)C1CC[C@@H]2C1(C)CC=C1C=C3CCC(N(CC)C(C)C)C[C@]34CC[C@@]12O4. The van der Waals surface area contributed by atoms with E-state index in [0.717, 1.165) is 12.1 Å². The minimum Gasteiger partial charge on any atom is -0.359 e. The maximum atomic E-state index is 7.49. The van der Waals surface area contributed by atoms with Crippen LogP contribution in [0, 0.1) is 17.3 Å². The molecule has 2 aliphatic heterocycles. The van der Waals surface area contributed by atoms with Crippen LogP contribution in [-0.4, -0.2) is 48.0 Å². The van der Waals surface area contributed by atoms with Crippen LogP contribution < -0.4 is 0 Å². The Kier molecular flexibility index (Phi) is 6.13. The highest BCUT2D eigenvalue weighted by Gasteiger charge is 2.66. The maximum Gasteiger partial charge on any atom is 0.0974 e. The van der Waals surface area contributed by atoms with Crippen molar-refractivity contribution in [3.63, 3.8) is 0 Å². The lowest BCUT2D eigenvalue weighted by molar-refractivity contribution is -0.143. The van der Waals surface area contributed by atoms with Crippen LogP contribution in [0.15, 0.2) is 52.1 Å². The average Bonchev–Trinajstić information content (AvgIpc) is 3.29. The molecule has 0 aromatic carbocycles. The quantitative estimate of drug-likeness (QED) is 0.312. The second-order valence-corrected chi connectivity index (χ2v) is 12.4. The molecule has 5 aliphatic rings. The average molecular weight is 463 g/mol. The monoisotopic (exact) mass is 462 g/mol. The van der Waals surface area contributed by atoms with Crippen molar-refractivity contribution in [1.82, 2.24) is 4.90 Å². The molecule has 2 bridgehead atoms. The topological polar surface area (TPSA) is 24.8 Å². The molecule has 0 aromatic heterocycles. The molecule has 2 saturated carbocycles. The predicted octanol–water partition coefficient (Wildman–Crippen LogP) is 7.06. The first-order chi connectivity index (χ1) is 16.2. The van der Waals surface area contributed by atoms with Crippen LogP contribution in [-0.2, 0) is 4.74 Å². The second kappa shape index (κ2) is 8.59. The Bertz CT molecular complexity index is 970. The zero-order valence-electron chi connectivity index (χ0n) is 22.5. The molecular weight excluding hydrogens is 416 g/mol. The Hall–Kier alpha value is -1.45. The highest BCUT2D eigenvalue weighted by Crippen LogP contribution is 2.68. The molecule has 6 atom stereocenters. The molecule has 5 rings (SSSR count). The molecule has 2 heterocycles. The van der Waals surface area contributed by atoms with E-state index in [1.54, 1.807) is 5.57 Å². The van der Waals surface area contributed by atoms with Gasteiger partial charge in [-0.15, -0.1) is 0 Å². The van der Waals surface area contributed by atoms with Gasteiger partial charge in [0, 0.05) is 25.3 Å². The minimum atomic E-state index is -0.0653. The largest absolute Gasteiger partial charge is 0.359 e. The van der Waals surface area contributed by atoms with E-state index in [9.17, 15) is 0 Å². The first-order valence-corrected chi connectivity index (χ1v) is 13.9. The van der Waals surface area contributed by atoms with Gasteiger partial charge in [0.2, 0.25) is 0 Å². The molecule has 3 fully saturated rings. The Labute approximate surface area is 208 Å². The third-order valence-corrected chi connectivity index (χ3v) is 10.4. The number of ether oxygens (including phenoxy) is 1. The third-order valence-electron chi connectivity index (χ3n) is 10.4. The molecule has 3 nitrogen and oxygen atoms in total. The van der Waals surface area contributed by atoms with Crippen LogP contribution >= 0.6 is 0 Å². The van der Waals surface area contributed by atoms with Crippen molar-refractivity contribution in [3.8, 4) is 0 Å². The summed E-state index contributed by atoms with van der Waals surface area (Å²) in [6, 6.07) is 1.24. The molecule has 1 saturated heterocycles. The summed E-state index contributed by atoms with van der Waals surface area (Å²) in [5, 5.41) is 0. The summed E-state index contributed by atoms with van der Waals surface area (Å²) in [5.74, 6) is 1.19. The first-order valence-electron chi connectivity index (χ1n) is 13.9. The van der Waals surface area contributed by atoms with Gasteiger partial charge < -0.3 is 4.74 Å². The summed E-state index contributed by atoms with van der Waals surface area (Å²) in [7, 11) is 1.82. The lowest BCUT2D eigenvalue weighted by Crippen LogP contribution is -2.56. The summed E-state index contributed by atoms with van der Waals surface area (Å²) in [6.45, 7) is 17.2. The summed E-state index contributed by atoms with van der Waals surface area (Å²) >= 11 is 0. The fraction of sp³-hybridized carbons (Fsp3) is 0.710. The van der Waals surface area contributed by atoms with Crippen LogP contribution in [0.1, 0.15) is 86.0 Å². The number of hydrogen-bond donors (Lipinski definition) is 0. The summed E-state index contributed by atoms with van der Waals surface area (Å²) in [4.78, 5) is 6.87. The lowest BCUT2D eigenvalue weighted by atomic mass is 9.58. The minimum absolute atomic E-state index is 0.0182. The van der Waals surface area contributed by atoms with Crippen LogP contribution in [0.5, 0.6) is 0 Å². The van der Waals surface area contributed by atoms with E-state index in [0.29, 0.717) is 23.9 Å². The fourth-order valence-electron chi connectivity index (χ4n) is 9.05. The second-order valence-electron chi connectivity index (χ2n) is 12.4. The Morgan fingerprint density at radius 3 is 2.79 bits per heavy atom. The first kappa shape index (κ1) is 24.3. The molecular formula is C31H46N2O. The number of nitrogens with zero attached hydrogens (tertiary/aromatic N) is 2. The molecule has 2 spiro atoms. The summed E-state index contributed by atoms with van der Waals surface area (Å²) in [5.41, 5.74) is 5.78. The van der Waals surface area contributed by atoms with E-state index in [2.05, 4.69) is 69.3 Å². The molecule has 0 amide bonds. The van der Waals surface area contributed by atoms with Crippen LogP contribution in [0.2, 0.25) is 0 Å². The number of rotatable bonds is 6. The summed E-state index contributed by atoms with van der Waals surface area (Å²) < 4.78 is 7.49. The van der Waals surface area contributed by atoms with Gasteiger partial charge in [-0.2, -0.15) is 0 Å². The van der Waals surface area contributed by atoms with Crippen molar-refractivity contribution in [3.05, 3.63) is 47.1 Å². The van der Waals surface area contributed by atoms with Gasteiger partial charge in [-0.25, -0.2) is 0 Å². The van der Waals surface area contributed by atoms with E-state index >= 15 is 0 Å². The van der Waals surface area contributed by atoms with Gasteiger partial charge >= 0.3 is 0 Å². The van der Waals surface area contributed by atoms with Crippen molar-refractivity contribution >= 4 is 6.21 Å². The Balaban J connectivity index is 1.46. The lowest BCUT2D eigenvalue weighted by Gasteiger charge is -2.55. The smallest absolute Gasteiger partial charge is 0.0974 e. The summed E-state index contributed by atoms with van der Waals surface area (Å²) in [6.07, 6.45) is 19.1. The highest BCUT2D eigenvalue weighted by molar-refractivity contribution is 5.81. The van der Waals surface area contributed by atoms with E-state index in [4.69, 9.17) is 4.74 Å². The van der Waals surface area contributed by atoms with E-state index < -0.39 is 0 Å². The normalized spacial score (nSPS) is 41.4. The van der Waals surface area contributed by atoms with E-state index in [1.807, 2.05) is 13.3 Å². The molecule has 3 heteroatoms.